The minimum atomic E-state index is -0.733. The number of ether oxygens (including phenoxy) is 1. The van der Waals surface area contributed by atoms with Gasteiger partial charge in [0, 0.05) is 65.2 Å². The van der Waals surface area contributed by atoms with E-state index in [0.29, 0.717) is 0 Å². The molecule has 0 saturated heterocycles. The van der Waals surface area contributed by atoms with Gasteiger partial charge in [0.1, 0.15) is 5.75 Å². The first-order valence-electron chi connectivity index (χ1n) is 12.2. The zero-order valence-electron chi connectivity index (χ0n) is 20.1. The van der Waals surface area contributed by atoms with Gasteiger partial charge in [0.25, 0.3) is 0 Å². The molecule has 1 aliphatic carbocycles. The van der Waals surface area contributed by atoms with Crippen LogP contribution < -0.4 is 15.0 Å². The maximum Gasteiger partial charge on any atom is 0.188 e. The summed E-state index contributed by atoms with van der Waals surface area (Å²) in [6, 6.07) is 30.4. The number of H-pyrrole nitrogens is 1. The van der Waals surface area contributed by atoms with Gasteiger partial charge in [0.05, 0.1) is 5.69 Å². The summed E-state index contributed by atoms with van der Waals surface area (Å²) in [7, 11) is 4.18. The van der Waals surface area contributed by atoms with Crippen LogP contribution in [-0.2, 0) is 5.60 Å². The molecule has 1 aromatic heterocycles. The molecular weight excluding hydrogens is 430 g/mol. The molecule has 5 aromatic rings. The van der Waals surface area contributed by atoms with E-state index in [0.717, 1.165) is 34.8 Å². The number of benzene rings is 4. The number of hydrogen-bond donors (Lipinski definition) is 2. The summed E-state index contributed by atoms with van der Waals surface area (Å²) >= 11 is 0. The van der Waals surface area contributed by atoms with Crippen LogP contribution in [0.15, 0.2) is 84.9 Å². The molecule has 1 aliphatic heterocycles. The summed E-state index contributed by atoms with van der Waals surface area (Å²) in [6.07, 6.45) is 0. The topological polar surface area (TPSA) is 40.3 Å². The minimum absolute atomic E-state index is 0.733. The third kappa shape index (κ3) is 2.62. The Morgan fingerprint density at radius 1 is 0.829 bits per heavy atom. The summed E-state index contributed by atoms with van der Waals surface area (Å²) in [4.78, 5) is 5.91. The third-order valence-electron chi connectivity index (χ3n) is 7.45. The molecule has 1 spiro atoms. The van der Waals surface area contributed by atoms with E-state index < -0.39 is 5.60 Å². The molecule has 2 N–H and O–H groups in total. The van der Waals surface area contributed by atoms with Crippen molar-refractivity contribution < 1.29 is 4.74 Å². The van der Waals surface area contributed by atoms with Crippen molar-refractivity contribution in [2.24, 2.45) is 0 Å². The molecular formula is C31H27N3O. The highest BCUT2D eigenvalue weighted by Crippen LogP contribution is 2.60. The van der Waals surface area contributed by atoms with Crippen LogP contribution in [0.5, 0.6) is 5.75 Å². The predicted molar refractivity (Wildman–Crippen MR) is 145 cm³/mol. The fraction of sp³-hybridized carbons (Fsp3) is 0.161. The van der Waals surface area contributed by atoms with Gasteiger partial charge in [-0.2, -0.15) is 0 Å². The summed E-state index contributed by atoms with van der Waals surface area (Å²) in [5.74, 6) is 0.901. The highest BCUT2D eigenvalue weighted by Gasteiger charge is 2.52. The number of hydrogen-bond acceptors (Lipinski definition) is 3. The first kappa shape index (κ1) is 20.2. The number of anilines is 2. The van der Waals surface area contributed by atoms with Crippen LogP contribution >= 0.6 is 0 Å². The molecule has 0 saturated carbocycles. The molecule has 1 atom stereocenters. The number of aromatic nitrogens is 1. The Morgan fingerprint density at radius 2 is 1.57 bits per heavy atom. The van der Waals surface area contributed by atoms with Crippen molar-refractivity contribution in [3.63, 3.8) is 0 Å². The van der Waals surface area contributed by atoms with E-state index in [2.05, 4.69) is 121 Å². The van der Waals surface area contributed by atoms with Gasteiger partial charge in [-0.15, -0.1) is 0 Å². The molecule has 4 nitrogen and oxygen atoms in total. The number of nitrogens with zero attached hydrogens (tertiary/aromatic N) is 1. The molecule has 0 bridgehead atoms. The van der Waals surface area contributed by atoms with Crippen molar-refractivity contribution in [1.29, 1.82) is 0 Å². The lowest BCUT2D eigenvalue weighted by molar-refractivity contribution is 0.158. The lowest BCUT2D eigenvalue weighted by Gasteiger charge is -2.38. The molecule has 7 rings (SSSR count). The number of rotatable bonds is 3. The van der Waals surface area contributed by atoms with E-state index in [1.807, 2.05) is 0 Å². The first-order chi connectivity index (χ1) is 17.1. The summed E-state index contributed by atoms with van der Waals surface area (Å²) in [5.41, 5.74) is 11.0. The maximum atomic E-state index is 7.17. The minimum Gasteiger partial charge on any atom is -0.472 e. The van der Waals surface area contributed by atoms with Gasteiger partial charge in [-0.05, 0) is 60.5 Å². The Bertz CT molecular complexity index is 1630. The average Bonchev–Trinajstić information content (AvgIpc) is 3.39. The van der Waals surface area contributed by atoms with Crippen molar-refractivity contribution in [3.05, 3.63) is 102 Å². The van der Waals surface area contributed by atoms with Crippen LogP contribution in [0.3, 0.4) is 0 Å². The van der Waals surface area contributed by atoms with Gasteiger partial charge in [-0.1, -0.05) is 42.5 Å². The molecule has 35 heavy (non-hydrogen) atoms. The number of aromatic amines is 1. The second kappa shape index (κ2) is 7.16. The molecule has 172 valence electrons. The molecule has 0 amide bonds. The Hall–Kier alpha value is -4.18. The van der Waals surface area contributed by atoms with Crippen molar-refractivity contribution in [2.75, 3.05) is 30.9 Å². The highest BCUT2D eigenvalue weighted by atomic mass is 16.5. The van der Waals surface area contributed by atoms with Crippen LogP contribution in [-0.4, -0.2) is 25.6 Å². The summed E-state index contributed by atoms with van der Waals surface area (Å²) < 4.78 is 7.17. The molecule has 0 radical (unpaired) electrons. The number of fused-ring (bicyclic) bond motifs is 11. The highest BCUT2D eigenvalue weighted by molar-refractivity contribution is 5.99. The van der Waals surface area contributed by atoms with Crippen molar-refractivity contribution in [1.82, 2.24) is 4.98 Å². The van der Waals surface area contributed by atoms with Gasteiger partial charge in [-0.3, -0.25) is 0 Å². The lowest BCUT2D eigenvalue weighted by atomic mass is 9.79. The number of para-hydroxylation sites is 2. The number of nitrogens with one attached hydrogen (secondary N) is 2. The van der Waals surface area contributed by atoms with E-state index in [9.17, 15) is 0 Å². The van der Waals surface area contributed by atoms with Gasteiger partial charge in [0.15, 0.2) is 5.60 Å². The van der Waals surface area contributed by atoms with E-state index >= 15 is 0 Å². The second-order valence-electron chi connectivity index (χ2n) is 9.61. The lowest BCUT2D eigenvalue weighted by Crippen LogP contribution is -2.36. The quantitative estimate of drug-likeness (QED) is 0.306. The van der Waals surface area contributed by atoms with Crippen LogP contribution in [0.2, 0.25) is 0 Å². The fourth-order valence-corrected chi connectivity index (χ4v) is 5.94. The summed E-state index contributed by atoms with van der Waals surface area (Å²) in [6.45, 7) is 3.01. The van der Waals surface area contributed by atoms with Crippen molar-refractivity contribution >= 4 is 22.3 Å². The molecule has 2 aliphatic rings. The van der Waals surface area contributed by atoms with Gasteiger partial charge in [-0.25, -0.2) is 0 Å². The van der Waals surface area contributed by atoms with E-state index in [1.165, 1.54) is 38.9 Å². The van der Waals surface area contributed by atoms with Gasteiger partial charge in [0.2, 0.25) is 0 Å². The van der Waals surface area contributed by atoms with Gasteiger partial charge < -0.3 is 19.9 Å². The molecule has 2 heterocycles. The Labute approximate surface area is 205 Å². The third-order valence-corrected chi connectivity index (χ3v) is 7.45. The smallest absolute Gasteiger partial charge is 0.188 e. The van der Waals surface area contributed by atoms with Crippen LogP contribution in [0, 0.1) is 0 Å². The van der Waals surface area contributed by atoms with Crippen LogP contribution in [0.4, 0.5) is 11.4 Å². The van der Waals surface area contributed by atoms with Crippen LogP contribution in [0.1, 0.15) is 23.6 Å². The Kier molecular flexibility index (Phi) is 4.13. The zero-order valence-corrected chi connectivity index (χ0v) is 20.1. The van der Waals surface area contributed by atoms with E-state index in [4.69, 9.17) is 4.74 Å². The normalized spacial score (nSPS) is 16.9. The largest absolute Gasteiger partial charge is 0.472 e. The summed E-state index contributed by atoms with van der Waals surface area (Å²) in [5, 5.41) is 4.70. The first-order valence-corrected chi connectivity index (χ1v) is 12.2. The molecule has 4 heteroatoms. The predicted octanol–water partition coefficient (Wildman–Crippen LogP) is 7.00. The molecule has 1 unspecified atom stereocenters. The van der Waals surface area contributed by atoms with E-state index in [1.54, 1.807) is 0 Å². The Balaban J connectivity index is 1.63. The van der Waals surface area contributed by atoms with Crippen molar-refractivity contribution in [2.45, 2.75) is 12.5 Å². The second-order valence-corrected chi connectivity index (χ2v) is 9.61. The van der Waals surface area contributed by atoms with Crippen LogP contribution in [0.25, 0.3) is 33.3 Å². The standard InChI is InChI=1S/C31H27N3O/c1-4-32-19-13-15-25-23(17-19)24-18-20(34(2)3)14-16-26(24)31(25)29-21-9-5-7-11-27(21)33-30(29)22-10-6-8-12-28(22)35-31/h5-18,32-33H,4H2,1-3H3. The fourth-order valence-electron chi connectivity index (χ4n) is 5.94. The Morgan fingerprint density at radius 3 is 2.40 bits per heavy atom. The van der Waals surface area contributed by atoms with E-state index in [-0.39, 0.29) is 0 Å². The van der Waals surface area contributed by atoms with Gasteiger partial charge >= 0.3 is 0 Å². The maximum absolute atomic E-state index is 7.17. The SMILES string of the molecule is CCNc1ccc2c(c1)-c1cc(N(C)C)ccc1C21Oc2ccccc2-c2[nH]c3ccccc3c21. The zero-order chi connectivity index (χ0) is 23.7. The molecule has 0 fully saturated rings. The monoisotopic (exact) mass is 457 g/mol. The average molecular weight is 458 g/mol. The molecule has 4 aromatic carbocycles. The van der Waals surface area contributed by atoms with Crippen molar-refractivity contribution in [3.8, 4) is 28.1 Å².